The standard InChI is InChI=1S/C33H45N3O8/c37-23-24-10-12-25(13-11-24)29-21-28(22-36-16-14-33(15-17-36)41-18-19-42-33)43-32(44-29)26-6-5-7-27(20-26)34-30(38)8-3-1-2-4-9-31(39)35-40/h5-7,10-13,20,28-29,32,37,40H,1-4,8-9,14-19,21-23H2,(H,34,38)(H,35,39)/t28-,29+,32+/m0/s1. The molecule has 0 aromatic heterocycles. The number of carbonyl (C=O) groups excluding carboxylic acids is 2. The van der Waals surface area contributed by atoms with Gasteiger partial charge in [0.05, 0.1) is 32.0 Å². The van der Waals surface area contributed by atoms with Gasteiger partial charge in [0.15, 0.2) is 12.1 Å². The van der Waals surface area contributed by atoms with Crippen LogP contribution in [0.3, 0.4) is 0 Å². The largest absolute Gasteiger partial charge is 0.392 e. The van der Waals surface area contributed by atoms with E-state index >= 15 is 0 Å². The molecule has 2 aromatic rings. The Morgan fingerprint density at radius 1 is 0.886 bits per heavy atom. The van der Waals surface area contributed by atoms with Crippen LogP contribution in [0.4, 0.5) is 5.69 Å². The number of rotatable bonds is 13. The smallest absolute Gasteiger partial charge is 0.243 e. The van der Waals surface area contributed by atoms with Crippen LogP contribution in [0.15, 0.2) is 48.5 Å². The highest BCUT2D eigenvalue weighted by Gasteiger charge is 2.41. The molecular weight excluding hydrogens is 566 g/mol. The van der Waals surface area contributed by atoms with Gasteiger partial charge in [-0.1, -0.05) is 49.2 Å². The fourth-order valence-corrected chi connectivity index (χ4v) is 6.15. The number of anilines is 1. The number of nitrogens with zero attached hydrogens (tertiary/aromatic N) is 1. The van der Waals surface area contributed by atoms with Crippen molar-refractivity contribution in [3.05, 3.63) is 65.2 Å². The van der Waals surface area contributed by atoms with E-state index in [0.29, 0.717) is 38.2 Å². The number of hydrogen-bond donors (Lipinski definition) is 4. The lowest BCUT2D eigenvalue weighted by Gasteiger charge is -2.41. The predicted octanol–water partition coefficient (Wildman–Crippen LogP) is 4.35. The molecule has 3 aliphatic heterocycles. The van der Waals surface area contributed by atoms with Crippen molar-refractivity contribution in [2.24, 2.45) is 0 Å². The van der Waals surface area contributed by atoms with E-state index in [-0.39, 0.29) is 37.0 Å². The molecule has 0 saturated carbocycles. The second kappa shape index (κ2) is 15.9. The highest BCUT2D eigenvalue weighted by Crippen LogP contribution is 2.39. The van der Waals surface area contributed by atoms with Gasteiger partial charge >= 0.3 is 0 Å². The minimum atomic E-state index is -0.609. The van der Waals surface area contributed by atoms with Crippen LogP contribution in [-0.4, -0.2) is 71.8 Å². The molecule has 0 bridgehead atoms. The maximum absolute atomic E-state index is 12.6. The van der Waals surface area contributed by atoms with Gasteiger partial charge in [-0.2, -0.15) is 0 Å². The van der Waals surface area contributed by atoms with E-state index in [4.69, 9.17) is 24.2 Å². The molecule has 4 N–H and O–H groups in total. The molecule has 5 rings (SSSR count). The molecule has 11 heteroatoms. The molecule has 3 fully saturated rings. The molecule has 3 heterocycles. The number of benzene rings is 2. The molecule has 0 radical (unpaired) electrons. The summed E-state index contributed by atoms with van der Waals surface area (Å²) in [6.07, 6.45) is 5.21. The maximum atomic E-state index is 12.6. The molecule has 1 spiro atoms. The zero-order valence-electron chi connectivity index (χ0n) is 25.2. The van der Waals surface area contributed by atoms with Gasteiger partial charge in [-0.25, -0.2) is 5.48 Å². The van der Waals surface area contributed by atoms with Gasteiger partial charge in [-0.15, -0.1) is 0 Å². The Bertz CT molecular complexity index is 1210. The average Bonchev–Trinajstić information content (AvgIpc) is 3.51. The van der Waals surface area contributed by atoms with Gasteiger partial charge in [0.2, 0.25) is 11.8 Å². The normalized spacial score (nSPS) is 23.5. The lowest BCUT2D eigenvalue weighted by atomic mass is 9.98. The third-order valence-corrected chi connectivity index (χ3v) is 8.63. The fraction of sp³-hybridized carbons (Fsp3) is 0.576. The number of nitrogens with one attached hydrogen (secondary N) is 2. The molecule has 2 aromatic carbocycles. The van der Waals surface area contributed by atoms with Crippen LogP contribution in [0, 0.1) is 0 Å². The fourth-order valence-electron chi connectivity index (χ4n) is 6.15. The predicted molar refractivity (Wildman–Crippen MR) is 161 cm³/mol. The van der Waals surface area contributed by atoms with Crippen LogP contribution in [-0.2, 0) is 35.1 Å². The molecule has 240 valence electrons. The highest BCUT2D eigenvalue weighted by molar-refractivity contribution is 5.90. The molecule has 3 saturated heterocycles. The molecule has 0 unspecified atom stereocenters. The second-order valence-electron chi connectivity index (χ2n) is 11.9. The van der Waals surface area contributed by atoms with Gasteiger partial charge in [0, 0.05) is 63.0 Å². The quantitative estimate of drug-likeness (QED) is 0.148. The topological polar surface area (TPSA) is 139 Å². The number of ether oxygens (including phenoxy) is 4. The van der Waals surface area contributed by atoms with Crippen LogP contribution in [0.5, 0.6) is 0 Å². The molecule has 3 atom stereocenters. The van der Waals surface area contributed by atoms with Crippen molar-refractivity contribution in [1.82, 2.24) is 10.4 Å². The van der Waals surface area contributed by atoms with Gasteiger partial charge < -0.3 is 34.3 Å². The summed E-state index contributed by atoms with van der Waals surface area (Å²) in [7, 11) is 0. The number of hydroxylamine groups is 1. The first-order valence-corrected chi connectivity index (χ1v) is 15.8. The Kier molecular flexibility index (Phi) is 11.7. The van der Waals surface area contributed by atoms with Crippen LogP contribution < -0.4 is 10.8 Å². The lowest BCUT2D eigenvalue weighted by molar-refractivity contribution is -0.255. The number of aliphatic hydroxyl groups excluding tert-OH is 1. The summed E-state index contributed by atoms with van der Waals surface area (Å²) >= 11 is 0. The average molecular weight is 612 g/mol. The van der Waals surface area contributed by atoms with E-state index in [1.54, 1.807) is 5.48 Å². The third-order valence-electron chi connectivity index (χ3n) is 8.63. The highest BCUT2D eigenvalue weighted by atomic mass is 16.7. The first-order valence-electron chi connectivity index (χ1n) is 15.8. The van der Waals surface area contributed by atoms with E-state index in [9.17, 15) is 14.7 Å². The van der Waals surface area contributed by atoms with E-state index in [2.05, 4.69) is 10.2 Å². The Balaban J connectivity index is 1.19. The molecular formula is C33H45N3O8. The van der Waals surface area contributed by atoms with Crippen molar-refractivity contribution >= 4 is 17.5 Å². The molecule has 0 aliphatic carbocycles. The number of unbranched alkanes of at least 4 members (excludes halogenated alkanes) is 3. The molecule has 3 aliphatic rings. The maximum Gasteiger partial charge on any atom is 0.243 e. The zero-order chi connectivity index (χ0) is 30.8. The second-order valence-corrected chi connectivity index (χ2v) is 11.9. The van der Waals surface area contributed by atoms with Crippen molar-refractivity contribution < 1.29 is 38.9 Å². The van der Waals surface area contributed by atoms with Crippen molar-refractivity contribution in [3.63, 3.8) is 0 Å². The summed E-state index contributed by atoms with van der Waals surface area (Å²) in [6, 6.07) is 15.5. The summed E-state index contributed by atoms with van der Waals surface area (Å²) in [5.74, 6) is -0.881. The number of piperidine rings is 1. The van der Waals surface area contributed by atoms with Crippen LogP contribution in [0.1, 0.15) is 86.9 Å². The lowest BCUT2D eigenvalue weighted by Crippen LogP contribution is -2.48. The summed E-state index contributed by atoms with van der Waals surface area (Å²) in [5, 5.41) is 21.1. The first kappa shape index (κ1) is 32.5. The van der Waals surface area contributed by atoms with Crippen LogP contribution in [0.2, 0.25) is 0 Å². The number of hydrogen-bond acceptors (Lipinski definition) is 9. The van der Waals surface area contributed by atoms with E-state index in [1.165, 1.54) is 0 Å². The van der Waals surface area contributed by atoms with Crippen molar-refractivity contribution in [2.45, 2.75) is 88.7 Å². The first-order chi connectivity index (χ1) is 21.4. The monoisotopic (exact) mass is 611 g/mol. The number of carbonyl (C=O) groups is 2. The van der Waals surface area contributed by atoms with Gasteiger partial charge in [0.1, 0.15) is 0 Å². The Morgan fingerprint density at radius 2 is 1.59 bits per heavy atom. The number of amides is 2. The summed E-state index contributed by atoms with van der Waals surface area (Å²) in [5.41, 5.74) is 5.03. The molecule has 11 nitrogen and oxygen atoms in total. The minimum Gasteiger partial charge on any atom is -0.392 e. The van der Waals surface area contributed by atoms with Crippen LogP contribution in [0.25, 0.3) is 0 Å². The molecule has 2 amide bonds. The van der Waals surface area contributed by atoms with E-state index in [1.807, 2.05) is 48.5 Å². The van der Waals surface area contributed by atoms with Gasteiger partial charge in [-0.05, 0) is 36.1 Å². The van der Waals surface area contributed by atoms with E-state index in [0.717, 1.165) is 68.4 Å². The Morgan fingerprint density at radius 3 is 2.27 bits per heavy atom. The van der Waals surface area contributed by atoms with Gasteiger partial charge in [-0.3, -0.25) is 14.8 Å². The Labute approximate surface area is 258 Å². The third kappa shape index (κ3) is 9.07. The summed E-state index contributed by atoms with van der Waals surface area (Å²) in [6.45, 7) is 3.83. The Hall–Kier alpha value is -2.90. The molecule has 44 heavy (non-hydrogen) atoms. The van der Waals surface area contributed by atoms with Gasteiger partial charge in [0.25, 0.3) is 0 Å². The van der Waals surface area contributed by atoms with E-state index < -0.39 is 12.1 Å². The van der Waals surface area contributed by atoms with Crippen molar-refractivity contribution in [3.8, 4) is 0 Å². The van der Waals surface area contributed by atoms with Crippen LogP contribution >= 0.6 is 0 Å². The SMILES string of the molecule is O=C(CCCCCCC(=O)Nc1cccc([C@@H]2O[C@H](CN3CCC4(CC3)OCCO4)C[C@H](c3ccc(CO)cc3)O2)c1)NO. The van der Waals surface area contributed by atoms with Crippen molar-refractivity contribution in [2.75, 3.05) is 38.2 Å². The zero-order valence-corrected chi connectivity index (χ0v) is 25.2. The summed E-state index contributed by atoms with van der Waals surface area (Å²) < 4.78 is 24.9. The van der Waals surface area contributed by atoms with Crippen molar-refractivity contribution in [1.29, 1.82) is 0 Å². The number of likely N-dealkylation sites (tertiary alicyclic amines) is 1. The minimum absolute atomic E-state index is 0.00803. The number of aliphatic hydroxyl groups is 1. The summed E-state index contributed by atoms with van der Waals surface area (Å²) in [4.78, 5) is 26.1.